The van der Waals surface area contributed by atoms with Crippen molar-refractivity contribution in [1.82, 2.24) is 0 Å². The van der Waals surface area contributed by atoms with E-state index >= 15 is 0 Å². The summed E-state index contributed by atoms with van der Waals surface area (Å²) in [5.41, 5.74) is 14.2. The van der Waals surface area contributed by atoms with Crippen LogP contribution in [0.2, 0.25) is 0 Å². The Morgan fingerprint density at radius 1 is 0.826 bits per heavy atom. The highest BCUT2D eigenvalue weighted by atomic mass is 32.2. The molecule has 0 heterocycles. The highest BCUT2D eigenvalue weighted by Crippen LogP contribution is 2.23. The summed E-state index contributed by atoms with van der Waals surface area (Å²) in [5, 5.41) is 0. The van der Waals surface area contributed by atoms with Crippen LogP contribution in [0.1, 0.15) is 11.1 Å². The standard InChI is InChI=1S/C18H20N2O2S/c1-13(9-15-5-3-7-17(19)11-15)23(21,22)14(2)10-16-6-4-8-18(20)12-16/h3-8,11-12H,1-2,9-10,19-20H2. The molecule has 0 aliphatic rings. The van der Waals surface area contributed by atoms with Crippen LogP contribution in [0.25, 0.3) is 0 Å². The summed E-state index contributed by atoms with van der Waals surface area (Å²) < 4.78 is 25.1. The molecule has 0 spiro atoms. The smallest absolute Gasteiger partial charge is 0.198 e. The van der Waals surface area contributed by atoms with Crippen molar-refractivity contribution >= 4 is 21.2 Å². The minimum atomic E-state index is -3.63. The zero-order valence-electron chi connectivity index (χ0n) is 12.8. The Morgan fingerprint density at radius 3 is 1.57 bits per heavy atom. The molecule has 0 saturated heterocycles. The van der Waals surface area contributed by atoms with E-state index in [0.29, 0.717) is 11.4 Å². The fourth-order valence-electron chi connectivity index (χ4n) is 2.26. The summed E-state index contributed by atoms with van der Waals surface area (Å²) in [6.07, 6.45) is 0.423. The molecule has 0 aliphatic carbocycles. The fourth-order valence-corrected chi connectivity index (χ4v) is 3.38. The number of hydrogen-bond donors (Lipinski definition) is 2. The quantitative estimate of drug-likeness (QED) is 0.798. The second-order valence-electron chi connectivity index (χ2n) is 5.42. The lowest BCUT2D eigenvalue weighted by molar-refractivity contribution is 0.606. The summed E-state index contributed by atoms with van der Waals surface area (Å²) in [7, 11) is -3.63. The monoisotopic (exact) mass is 328 g/mol. The third kappa shape index (κ3) is 4.23. The lowest BCUT2D eigenvalue weighted by Gasteiger charge is -2.11. The highest BCUT2D eigenvalue weighted by Gasteiger charge is 2.20. The van der Waals surface area contributed by atoms with Gasteiger partial charge in [0, 0.05) is 34.0 Å². The van der Waals surface area contributed by atoms with Crippen molar-refractivity contribution in [3.8, 4) is 0 Å². The van der Waals surface area contributed by atoms with Crippen LogP contribution in [0.3, 0.4) is 0 Å². The van der Waals surface area contributed by atoms with Crippen LogP contribution >= 0.6 is 0 Å². The van der Waals surface area contributed by atoms with Crippen LogP contribution < -0.4 is 11.5 Å². The van der Waals surface area contributed by atoms with Crippen molar-refractivity contribution in [2.45, 2.75) is 12.8 Å². The third-order valence-corrected chi connectivity index (χ3v) is 5.27. The van der Waals surface area contributed by atoms with Gasteiger partial charge in [-0.3, -0.25) is 0 Å². The van der Waals surface area contributed by atoms with Gasteiger partial charge >= 0.3 is 0 Å². The Hall–Kier alpha value is -2.53. The van der Waals surface area contributed by atoms with Gasteiger partial charge in [0.05, 0.1) is 0 Å². The number of rotatable bonds is 6. The fraction of sp³-hybridized carbons (Fsp3) is 0.111. The summed E-state index contributed by atoms with van der Waals surface area (Å²) in [5.74, 6) is 0. The Bertz CT molecular complexity index is 789. The average molecular weight is 328 g/mol. The van der Waals surface area contributed by atoms with Crippen LogP contribution in [0.5, 0.6) is 0 Å². The Morgan fingerprint density at radius 2 is 1.22 bits per heavy atom. The molecule has 0 radical (unpaired) electrons. The first-order valence-corrected chi connectivity index (χ1v) is 8.57. The highest BCUT2D eigenvalue weighted by molar-refractivity contribution is 7.98. The van der Waals surface area contributed by atoms with Gasteiger partial charge in [0.2, 0.25) is 0 Å². The first kappa shape index (κ1) is 16.8. The SMILES string of the molecule is C=C(Cc1cccc(N)c1)S(=O)(=O)C(=C)Cc1cccc(N)c1. The molecule has 2 aromatic carbocycles. The molecule has 2 rings (SSSR count). The van der Waals surface area contributed by atoms with E-state index in [2.05, 4.69) is 13.2 Å². The van der Waals surface area contributed by atoms with Gasteiger partial charge < -0.3 is 11.5 Å². The molecule has 0 amide bonds. The average Bonchev–Trinajstić information content (AvgIpc) is 2.47. The molecule has 2 aromatic rings. The molecule has 4 N–H and O–H groups in total. The molecule has 0 bridgehead atoms. The third-order valence-electron chi connectivity index (χ3n) is 3.46. The van der Waals surface area contributed by atoms with Gasteiger partial charge in [-0.25, -0.2) is 8.42 Å². The minimum Gasteiger partial charge on any atom is -0.399 e. The molecule has 0 unspecified atom stereocenters. The summed E-state index contributed by atoms with van der Waals surface area (Å²) in [4.78, 5) is 0.217. The van der Waals surface area contributed by atoms with E-state index in [1.807, 2.05) is 12.1 Å². The van der Waals surface area contributed by atoms with Crippen LogP contribution in [0.4, 0.5) is 11.4 Å². The molecule has 0 saturated carbocycles. The first-order valence-electron chi connectivity index (χ1n) is 7.08. The molecule has 0 fully saturated rings. The van der Waals surface area contributed by atoms with Gasteiger partial charge in [-0.2, -0.15) is 0 Å². The lowest BCUT2D eigenvalue weighted by atomic mass is 10.1. The van der Waals surface area contributed by atoms with Crippen LogP contribution in [-0.2, 0) is 22.7 Å². The summed E-state index contributed by atoms with van der Waals surface area (Å²) in [6.45, 7) is 7.43. The van der Waals surface area contributed by atoms with Crippen molar-refractivity contribution in [3.05, 3.63) is 82.6 Å². The van der Waals surface area contributed by atoms with E-state index in [4.69, 9.17) is 11.5 Å². The van der Waals surface area contributed by atoms with Crippen molar-refractivity contribution in [2.75, 3.05) is 11.5 Å². The van der Waals surface area contributed by atoms with E-state index in [-0.39, 0.29) is 22.7 Å². The number of anilines is 2. The van der Waals surface area contributed by atoms with Crippen LogP contribution in [0, 0.1) is 0 Å². The number of nitrogen functional groups attached to an aromatic ring is 2. The first-order chi connectivity index (χ1) is 10.8. The number of benzene rings is 2. The molecule has 5 heteroatoms. The predicted octanol–water partition coefficient (Wildman–Crippen LogP) is 3.08. The van der Waals surface area contributed by atoms with Crippen LogP contribution in [-0.4, -0.2) is 8.42 Å². The molecule has 0 atom stereocenters. The Balaban J connectivity index is 2.13. The maximum Gasteiger partial charge on any atom is 0.198 e. The van der Waals surface area contributed by atoms with Gasteiger partial charge in [0.25, 0.3) is 0 Å². The molecule has 4 nitrogen and oxygen atoms in total. The normalized spacial score (nSPS) is 11.1. The zero-order valence-corrected chi connectivity index (χ0v) is 13.6. The van der Waals surface area contributed by atoms with Gasteiger partial charge in [0.1, 0.15) is 0 Å². The van der Waals surface area contributed by atoms with Gasteiger partial charge in [0.15, 0.2) is 9.84 Å². The number of nitrogens with two attached hydrogens (primary N) is 2. The summed E-state index contributed by atoms with van der Waals surface area (Å²) in [6, 6.07) is 14.2. The van der Waals surface area contributed by atoms with E-state index in [1.165, 1.54) is 0 Å². The molecule has 0 aromatic heterocycles. The second-order valence-corrected chi connectivity index (χ2v) is 7.59. The Kier molecular flexibility index (Phi) is 4.91. The zero-order chi connectivity index (χ0) is 17.0. The maximum atomic E-state index is 12.5. The predicted molar refractivity (Wildman–Crippen MR) is 96.3 cm³/mol. The molecular weight excluding hydrogens is 308 g/mol. The van der Waals surface area contributed by atoms with Gasteiger partial charge in [-0.15, -0.1) is 0 Å². The maximum absolute atomic E-state index is 12.5. The van der Waals surface area contributed by atoms with E-state index in [1.54, 1.807) is 36.4 Å². The van der Waals surface area contributed by atoms with Crippen molar-refractivity contribution < 1.29 is 8.42 Å². The van der Waals surface area contributed by atoms with Crippen molar-refractivity contribution in [3.63, 3.8) is 0 Å². The van der Waals surface area contributed by atoms with Crippen molar-refractivity contribution in [2.24, 2.45) is 0 Å². The van der Waals surface area contributed by atoms with Gasteiger partial charge in [-0.05, 0) is 35.4 Å². The molecular formula is C18H20N2O2S. The molecule has 120 valence electrons. The number of allylic oxidation sites excluding steroid dienone is 2. The van der Waals surface area contributed by atoms with E-state index in [9.17, 15) is 8.42 Å². The molecule has 0 aliphatic heterocycles. The van der Waals surface area contributed by atoms with E-state index in [0.717, 1.165) is 11.1 Å². The minimum absolute atomic E-state index is 0.108. The molecule has 23 heavy (non-hydrogen) atoms. The summed E-state index contributed by atoms with van der Waals surface area (Å²) >= 11 is 0. The lowest BCUT2D eigenvalue weighted by Crippen LogP contribution is -2.10. The number of hydrogen-bond acceptors (Lipinski definition) is 4. The van der Waals surface area contributed by atoms with Gasteiger partial charge in [-0.1, -0.05) is 37.4 Å². The van der Waals surface area contributed by atoms with E-state index < -0.39 is 9.84 Å². The largest absolute Gasteiger partial charge is 0.399 e. The second kappa shape index (κ2) is 6.71. The number of sulfone groups is 1. The van der Waals surface area contributed by atoms with Crippen LogP contribution in [0.15, 0.2) is 71.5 Å². The Labute approximate surface area is 137 Å². The topological polar surface area (TPSA) is 86.2 Å². The van der Waals surface area contributed by atoms with Crippen molar-refractivity contribution in [1.29, 1.82) is 0 Å².